The second-order valence-electron chi connectivity index (χ2n) is 5.68. The van der Waals surface area contributed by atoms with E-state index in [2.05, 4.69) is 0 Å². The van der Waals surface area contributed by atoms with Gasteiger partial charge in [-0.05, 0) is 18.8 Å². The molecule has 0 radical (unpaired) electrons. The van der Waals surface area contributed by atoms with Crippen LogP contribution < -0.4 is 0 Å². The van der Waals surface area contributed by atoms with Crippen molar-refractivity contribution in [3.63, 3.8) is 0 Å². The molecule has 108 valence electrons. The van der Waals surface area contributed by atoms with Gasteiger partial charge in [-0.2, -0.15) is 0 Å². The quantitative estimate of drug-likeness (QED) is 0.795. The van der Waals surface area contributed by atoms with Gasteiger partial charge in [-0.3, -0.25) is 4.90 Å². The predicted octanol–water partition coefficient (Wildman–Crippen LogP) is 2.29. The minimum atomic E-state index is -1.02. The Bertz CT molecular complexity index is 315. The first-order valence-corrected chi connectivity index (χ1v) is 7.27. The molecule has 2 rings (SSSR count). The largest absolute Gasteiger partial charge is 0.465 e. The maximum atomic E-state index is 11.1. The van der Waals surface area contributed by atoms with E-state index in [9.17, 15) is 9.59 Å². The maximum Gasteiger partial charge on any atom is 0.408 e. The van der Waals surface area contributed by atoms with Crippen molar-refractivity contribution in [2.75, 3.05) is 13.2 Å². The van der Waals surface area contributed by atoms with Crippen molar-refractivity contribution in [1.82, 2.24) is 4.90 Å². The molecule has 0 bridgehead atoms. The number of aldehydes is 1. The average molecular weight is 269 g/mol. The summed E-state index contributed by atoms with van der Waals surface area (Å²) in [5.74, 6) is 0.777. The van der Waals surface area contributed by atoms with Crippen LogP contribution in [-0.2, 0) is 9.53 Å². The fraction of sp³-hybridized carbons (Fsp3) is 0.857. The molecular weight excluding hydrogens is 246 g/mol. The summed E-state index contributed by atoms with van der Waals surface area (Å²) in [4.78, 5) is 23.1. The zero-order chi connectivity index (χ0) is 13.7. The van der Waals surface area contributed by atoms with Crippen LogP contribution in [0.2, 0.25) is 0 Å². The molecule has 19 heavy (non-hydrogen) atoms. The molecule has 0 unspecified atom stereocenters. The van der Waals surface area contributed by atoms with Crippen LogP contribution in [0.15, 0.2) is 0 Å². The van der Waals surface area contributed by atoms with Gasteiger partial charge in [-0.1, -0.05) is 32.1 Å². The van der Waals surface area contributed by atoms with Crippen LogP contribution in [0, 0.1) is 5.92 Å². The normalized spacial score (nSPS) is 29.2. The molecule has 1 heterocycles. The molecule has 0 spiro atoms. The van der Waals surface area contributed by atoms with Crippen LogP contribution >= 0.6 is 0 Å². The summed E-state index contributed by atoms with van der Waals surface area (Å²) >= 11 is 0. The number of ether oxygens (including phenoxy) is 1. The zero-order valence-electron chi connectivity index (χ0n) is 11.3. The third kappa shape index (κ3) is 3.93. The number of morpholine rings is 1. The number of amides is 1. The molecule has 0 aromatic carbocycles. The van der Waals surface area contributed by atoms with Crippen LogP contribution in [0.1, 0.15) is 44.9 Å². The molecule has 1 N–H and O–H groups in total. The van der Waals surface area contributed by atoms with E-state index in [0.29, 0.717) is 12.8 Å². The Morgan fingerprint density at radius 3 is 2.63 bits per heavy atom. The average Bonchev–Trinajstić information content (AvgIpc) is 2.46. The summed E-state index contributed by atoms with van der Waals surface area (Å²) in [6, 6.07) is -0.636. The Balaban J connectivity index is 1.78. The summed E-state index contributed by atoms with van der Waals surface area (Å²) in [7, 11) is 0. The Hall–Kier alpha value is -1.10. The Morgan fingerprint density at radius 2 is 2.00 bits per heavy atom. The number of nitrogens with zero attached hydrogens (tertiary/aromatic N) is 1. The van der Waals surface area contributed by atoms with Gasteiger partial charge in [-0.15, -0.1) is 0 Å². The standard InChI is InChI=1S/C14H23NO4/c16-9-12-10-19-13(8-15(12)14(17)18)7-6-11-4-2-1-3-5-11/h9,11-13H,1-8,10H2,(H,17,18)/t12-,13-/m0/s1. The highest BCUT2D eigenvalue weighted by molar-refractivity contribution is 5.72. The monoisotopic (exact) mass is 269 g/mol. The molecule has 1 saturated carbocycles. The van der Waals surface area contributed by atoms with Crippen molar-refractivity contribution in [2.45, 2.75) is 57.1 Å². The molecule has 0 aromatic heterocycles. The Kier molecular flexibility index (Phi) is 5.19. The number of carboxylic acid groups (broad SMARTS) is 1. The highest BCUT2D eigenvalue weighted by Crippen LogP contribution is 2.28. The minimum Gasteiger partial charge on any atom is -0.465 e. The van der Waals surface area contributed by atoms with Gasteiger partial charge in [0.05, 0.1) is 19.3 Å². The third-order valence-electron chi connectivity index (χ3n) is 4.33. The van der Waals surface area contributed by atoms with Gasteiger partial charge in [0.25, 0.3) is 0 Å². The van der Waals surface area contributed by atoms with E-state index in [0.717, 1.165) is 18.8 Å². The number of hydrogen-bond acceptors (Lipinski definition) is 3. The number of hydrogen-bond donors (Lipinski definition) is 1. The van der Waals surface area contributed by atoms with Crippen LogP contribution in [0.3, 0.4) is 0 Å². The summed E-state index contributed by atoms with van der Waals surface area (Å²) in [6.07, 6.45) is 8.20. The van der Waals surface area contributed by atoms with E-state index in [4.69, 9.17) is 9.84 Å². The molecule has 5 heteroatoms. The minimum absolute atomic E-state index is 0.0470. The van der Waals surface area contributed by atoms with Gasteiger partial charge in [0, 0.05) is 0 Å². The first kappa shape index (κ1) is 14.3. The van der Waals surface area contributed by atoms with Gasteiger partial charge >= 0.3 is 6.09 Å². The van der Waals surface area contributed by atoms with Crippen molar-refractivity contribution in [3.05, 3.63) is 0 Å². The second kappa shape index (κ2) is 6.89. The molecule has 2 atom stereocenters. The van der Waals surface area contributed by atoms with Crippen LogP contribution in [-0.4, -0.2) is 47.7 Å². The molecule has 1 aliphatic heterocycles. The smallest absolute Gasteiger partial charge is 0.408 e. The molecular formula is C14H23NO4. The van der Waals surface area contributed by atoms with E-state index in [1.54, 1.807) is 0 Å². The lowest BCUT2D eigenvalue weighted by molar-refractivity contribution is -0.121. The summed E-state index contributed by atoms with van der Waals surface area (Å²) < 4.78 is 5.62. The lowest BCUT2D eigenvalue weighted by Gasteiger charge is -2.36. The van der Waals surface area contributed by atoms with Crippen molar-refractivity contribution in [1.29, 1.82) is 0 Å². The van der Waals surface area contributed by atoms with Crippen molar-refractivity contribution in [3.8, 4) is 0 Å². The molecule has 1 amide bonds. The van der Waals surface area contributed by atoms with Crippen molar-refractivity contribution >= 4 is 12.4 Å². The molecule has 0 aromatic rings. The molecule has 1 aliphatic carbocycles. The highest BCUT2D eigenvalue weighted by atomic mass is 16.5. The summed E-state index contributed by atoms with van der Waals surface area (Å²) in [5.41, 5.74) is 0. The lowest BCUT2D eigenvalue weighted by atomic mass is 9.85. The van der Waals surface area contributed by atoms with Crippen LogP contribution in [0.25, 0.3) is 0 Å². The van der Waals surface area contributed by atoms with Gasteiger partial charge in [0.2, 0.25) is 0 Å². The third-order valence-corrected chi connectivity index (χ3v) is 4.33. The topological polar surface area (TPSA) is 66.8 Å². The first-order valence-electron chi connectivity index (χ1n) is 7.27. The van der Waals surface area contributed by atoms with E-state index < -0.39 is 12.1 Å². The fourth-order valence-corrected chi connectivity index (χ4v) is 3.14. The highest BCUT2D eigenvalue weighted by Gasteiger charge is 2.32. The molecule has 2 aliphatic rings. The first-order chi connectivity index (χ1) is 9.20. The predicted molar refractivity (Wildman–Crippen MR) is 70.1 cm³/mol. The zero-order valence-corrected chi connectivity index (χ0v) is 11.3. The van der Waals surface area contributed by atoms with Crippen LogP contribution in [0.5, 0.6) is 0 Å². The summed E-state index contributed by atoms with van der Waals surface area (Å²) in [5, 5.41) is 9.09. The number of carbonyl (C=O) groups is 2. The SMILES string of the molecule is O=C[C@H]1CO[C@@H](CCC2CCCCC2)CN1C(=O)O. The van der Waals surface area contributed by atoms with Gasteiger partial charge in [0.15, 0.2) is 0 Å². The Morgan fingerprint density at radius 1 is 1.26 bits per heavy atom. The molecule has 1 saturated heterocycles. The van der Waals surface area contributed by atoms with E-state index in [1.807, 2.05) is 0 Å². The Labute approximate surface area is 113 Å². The van der Waals surface area contributed by atoms with Gasteiger partial charge in [0.1, 0.15) is 12.3 Å². The van der Waals surface area contributed by atoms with Crippen LogP contribution in [0.4, 0.5) is 4.79 Å². The van der Waals surface area contributed by atoms with E-state index in [1.165, 1.54) is 37.0 Å². The van der Waals surface area contributed by atoms with E-state index in [-0.39, 0.29) is 12.7 Å². The number of carbonyl (C=O) groups excluding carboxylic acids is 1. The maximum absolute atomic E-state index is 11.1. The number of rotatable bonds is 4. The van der Waals surface area contributed by atoms with E-state index >= 15 is 0 Å². The second-order valence-corrected chi connectivity index (χ2v) is 5.68. The van der Waals surface area contributed by atoms with Crippen molar-refractivity contribution in [2.24, 2.45) is 5.92 Å². The van der Waals surface area contributed by atoms with Gasteiger partial charge in [-0.25, -0.2) is 4.79 Å². The van der Waals surface area contributed by atoms with Gasteiger partial charge < -0.3 is 14.6 Å². The van der Waals surface area contributed by atoms with Crippen molar-refractivity contribution < 1.29 is 19.4 Å². The molecule has 2 fully saturated rings. The lowest BCUT2D eigenvalue weighted by Crippen LogP contribution is -2.52. The summed E-state index contributed by atoms with van der Waals surface area (Å²) in [6.45, 7) is 0.524. The fourth-order valence-electron chi connectivity index (χ4n) is 3.14. The molecule has 5 nitrogen and oxygen atoms in total.